The number of carbonyl (C=O) groups excluding carboxylic acids is 3. The molecular weight excluding hydrogens is 667 g/mol. The molecule has 9 heteroatoms. The van der Waals surface area contributed by atoms with Crippen molar-refractivity contribution in [1.29, 1.82) is 0 Å². The van der Waals surface area contributed by atoms with Crippen LogP contribution in [0.3, 0.4) is 0 Å². The Bertz CT molecular complexity index is 1490. The molecule has 0 N–H and O–H groups in total. The van der Waals surface area contributed by atoms with Gasteiger partial charge in [0.05, 0.1) is 10.7 Å². The molecule has 0 spiro atoms. The number of rotatable bonds is 13. The van der Waals surface area contributed by atoms with Gasteiger partial charge in [0, 0.05) is 55.3 Å². The summed E-state index contributed by atoms with van der Waals surface area (Å²) in [6.45, 7) is 27.8. The number of carbonyl (C=O) groups is 3. The van der Waals surface area contributed by atoms with Crippen LogP contribution in [0.1, 0.15) is 145 Å². The van der Waals surface area contributed by atoms with E-state index in [9.17, 15) is 18.8 Å². The van der Waals surface area contributed by atoms with Gasteiger partial charge in [0.2, 0.25) is 0 Å². The van der Waals surface area contributed by atoms with Gasteiger partial charge >= 0.3 is 0 Å². The van der Waals surface area contributed by atoms with Crippen molar-refractivity contribution >= 4 is 40.7 Å². The van der Waals surface area contributed by atoms with Gasteiger partial charge in [-0.05, 0) is 76.5 Å². The fourth-order valence-electron chi connectivity index (χ4n) is 5.21. The molecule has 0 aliphatic rings. The van der Waals surface area contributed by atoms with Crippen LogP contribution < -0.4 is 0 Å². The number of fused-ring (bicyclic) bond motifs is 1. The number of nitrogens with zero attached hydrogens (tertiary/aromatic N) is 2. The second kappa shape index (κ2) is 23.5. The molecule has 0 radical (unpaired) electrons. The molecule has 288 valence electrons. The molecular formula is C42H66ClFN2O5. The van der Waals surface area contributed by atoms with Crippen LogP contribution in [-0.4, -0.2) is 53.7 Å². The van der Waals surface area contributed by atoms with Gasteiger partial charge in [-0.15, -0.1) is 0 Å². The van der Waals surface area contributed by atoms with Crippen molar-refractivity contribution in [3.05, 3.63) is 52.5 Å². The highest BCUT2D eigenvalue weighted by Crippen LogP contribution is 2.36. The number of pyridine rings is 1. The number of hydrogen-bond acceptors (Lipinski definition) is 6. The maximum absolute atomic E-state index is 14.1. The number of benzene rings is 1. The van der Waals surface area contributed by atoms with Crippen LogP contribution in [0, 0.1) is 17.7 Å². The Kier molecular flexibility index (Phi) is 22.0. The molecule has 2 atom stereocenters. The van der Waals surface area contributed by atoms with E-state index in [0.29, 0.717) is 41.2 Å². The van der Waals surface area contributed by atoms with E-state index in [1.165, 1.54) is 12.1 Å². The predicted octanol–water partition coefficient (Wildman–Crippen LogP) is 11.9. The fraction of sp³-hybridized carbons (Fsp3) is 0.619. The van der Waals surface area contributed by atoms with Gasteiger partial charge in [-0.3, -0.25) is 4.79 Å². The maximum Gasteiger partial charge on any atom is 0.290 e. The first-order chi connectivity index (χ1) is 23.8. The van der Waals surface area contributed by atoms with Crippen LogP contribution in [0.25, 0.3) is 22.4 Å². The SMILES string of the molecule is CCC(C)=O.CCC(C)C(C=O)CC.CCCN(C(=O)c1cc2nc(-c3ccc(Cl)c(F)c3)cc(C(C)(C)C)c2o1)C(C)(C)CCC.CCOC. The monoisotopic (exact) mass is 732 g/mol. The molecule has 0 bridgehead atoms. The van der Waals surface area contributed by atoms with E-state index in [-0.39, 0.29) is 39.3 Å². The van der Waals surface area contributed by atoms with Gasteiger partial charge in [0.15, 0.2) is 11.3 Å². The summed E-state index contributed by atoms with van der Waals surface area (Å²) < 4.78 is 24.8. The molecule has 51 heavy (non-hydrogen) atoms. The first kappa shape index (κ1) is 47.9. The molecule has 3 aromatic rings. The Hall–Kier alpha value is -3.10. The zero-order valence-electron chi connectivity index (χ0n) is 34.0. The lowest BCUT2D eigenvalue weighted by molar-refractivity contribution is -0.116. The lowest BCUT2D eigenvalue weighted by atomic mass is 9.86. The molecule has 0 saturated heterocycles. The topological polar surface area (TPSA) is 89.7 Å². The molecule has 2 aromatic heterocycles. The normalized spacial score (nSPS) is 12.3. The lowest BCUT2D eigenvalue weighted by Crippen LogP contribution is -2.48. The van der Waals surface area contributed by atoms with Crippen molar-refractivity contribution in [2.45, 2.75) is 139 Å². The lowest BCUT2D eigenvalue weighted by Gasteiger charge is -2.38. The number of furan rings is 1. The minimum atomic E-state index is -0.496. The molecule has 2 heterocycles. The summed E-state index contributed by atoms with van der Waals surface area (Å²) in [6, 6.07) is 8.28. The molecule has 1 aromatic carbocycles. The van der Waals surface area contributed by atoms with Gasteiger partial charge in [0.25, 0.3) is 5.91 Å². The van der Waals surface area contributed by atoms with Gasteiger partial charge < -0.3 is 23.6 Å². The molecule has 0 saturated carbocycles. The van der Waals surface area contributed by atoms with Gasteiger partial charge in [-0.25, -0.2) is 9.37 Å². The second-order valence-corrected chi connectivity index (χ2v) is 14.9. The second-order valence-electron chi connectivity index (χ2n) is 14.5. The van der Waals surface area contributed by atoms with E-state index in [4.69, 9.17) is 21.0 Å². The minimum absolute atomic E-state index is 0.0674. The quantitative estimate of drug-likeness (QED) is 0.163. The third-order valence-corrected chi connectivity index (χ3v) is 9.11. The summed E-state index contributed by atoms with van der Waals surface area (Å²) >= 11 is 5.87. The van der Waals surface area contributed by atoms with Crippen molar-refractivity contribution in [1.82, 2.24) is 9.88 Å². The minimum Gasteiger partial charge on any atom is -0.449 e. The van der Waals surface area contributed by atoms with Crippen LogP contribution in [0.5, 0.6) is 0 Å². The Morgan fingerprint density at radius 3 is 1.98 bits per heavy atom. The van der Waals surface area contributed by atoms with Crippen LogP contribution in [0.15, 0.2) is 34.7 Å². The number of halogens is 2. The van der Waals surface area contributed by atoms with E-state index in [1.54, 1.807) is 26.2 Å². The average Bonchev–Trinajstić information content (AvgIpc) is 3.52. The zero-order chi connectivity index (χ0) is 39.5. The molecule has 0 aliphatic carbocycles. The number of ketones is 1. The Morgan fingerprint density at radius 2 is 1.59 bits per heavy atom. The van der Waals surface area contributed by atoms with E-state index in [2.05, 4.69) is 74.0 Å². The van der Waals surface area contributed by atoms with Gasteiger partial charge in [-0.2, -0.15) is 0 Å². The molecule has 0 fully saturated rings. The molecule has 3 rings (SSSR count). The highest BCUT2D eigenvalue weighted by molar-refractivity contribution is 6.30. The summed E-state index contributed by atoms with van der Waals surface area (Å²) in [4.78, 5) is 40.3. The Balaban J connectivity index is 0.00000114. The Labute approximate surface area is 313 Å². The number of Topliss-reactive ketones (excluding diaryl/α,β-unsaturated/α-hetero) is 1. The van der Waals surface area contributed by atoms with Crippen molar-refractivity contribution in [2.75, 3.05) is 20.3 Å². The van der Waals surface area contributed by atoms with Crippen molar-refractivity contribution in [3.63, 3.8) is 0 Å². The Morgan fingerprint density at radius 1 is 1.00 bits per heavy atom. The van der Waals surface area contributed by atoms with Gasteiger partial charge in [0.1, 0.15) is 23.4 Å². The van der Waals surface area contributed by atoms with Gasteiger partial charge in [-0.1, -0.05) is 92.8 Å². The number of aromatic nitrogens is 1. The fourth-order valence-corrected chi connectivity index (χ4v) is 5.32. The zero-order valence-corrected chi connectivity index (χ0v) is 34.7. The summed E-state index contributed by atoms with van der Waals surface area (Å²) in [5.41, 5.74) is 2.76. The number of methoxy groups -OCH3 is 1. The van der Waals surface area contributed by atoms with E-state index in [0.717, 1.165) is 50.6 Å². The summed E-state index contributed by atoms with van der Waals surface area (Å²) in [5.74, 6) is 0.754. The summed E-state index contributed by atoms with van der Waals surface area (Å²) in [6.07, 6.45) is 6.58. The van der Waals surface area contributed by atoms with Crippen molar-refractivity contribution < 1.29 is 27.9 Å². The highest BCUT2D eigenvalue weighted by atomic mass is 35.5. The number of aldehydes is 1. The predicted molar refractivity (Wildman–Crippen MR) is 211 cm³/mol. The smallest absolute Gasteiger partial charge is 0.290 e. The molecule has 7 nitrogen and oxygen atoms in total. The first-order valence-corrected chi connectivity index (χ1v) is 18.9. The van der Waals surface area contributed by atoms with E-state index in [1.807, 2.05) is 24.8 Å². The van der Waals surface area contributed by atoms with Crippen molar-refractivity contribution in [2.24, 2.45) is 11.8 Å². The standard InChI is InChI=1S/C27H34ClFN2O2.C8H16O.C4H8O.C3H8O/c1-8-12-27(6,7)31(13-9-2)25(32)23-16-22-24(33-23)18(26(3,4)5)15-21(30-22)17-10-11-19(28)20(29)14-17;1-4-7(3)8(5-2)6-9;1-3-4(2)5;1-3-4-2/h10-11,14-16H,8-9,12-13H2,1-7H3;6-8H,4-5H2,1-3H3;3H2,1-2H3;3H2,1-2H3. The van der Waals surface area contributed by atoms with Crippen LogP contribution in [0.4, 0.5) is 4.39 Å². The highest BCUT2D eigenvalue weighted by Gasteiger charge is 2.33. The van der Waals surface area contributed by atoms with E-state index >= 15 is 0 Å². The molecule has 0 aliphatic heterocycles. The maximum atomic E-state index is 14.1. The first-order valence-electron chi connectivity index (χ1n) is 18.5. The van der Waals surface area contributed by atoms with Crippen molar-refractivity contribution in [3.8, 4) is 11.3 Å². The third kappa shape index (κ3) is 15.6. The molecule has 2 unspecified atom stereocenters. The summed E-state index contributed by atoms with van der Waals surface area (Å²) in [7, 11) is 1.68. The number of amides is 1. The average molecular weight is 733 g/mol. The van der Waals surface area contributed by atoms with E-state index < -0.39 is 5.82 Å². The van der Waals surface area contributed by atoms with Crippen LogP contribution in [0.2, 0.25) is 5.02 Å². The third-order valence-electron chi connectivity index (χ3n) is 8.81. The molecule has 1 amide bonds. The number of hydrogen-bond donors (Lipinski definition) is 0. The summed E-state index contributed by atoms with van der Waals surface area (Å²) in [5, 5.41) is 0.0674. The van der Waals surface area contributed by atoms with Crippen LogP contribution in [-0.2, 0) is 19.7 Å². The number of ether oxygens (including phenoxy) is 1. The van der Waals surface area contributed by atoms with Crippen LogP contribution >= 0.6 is 11.6 Å². The largest absolute Gasteiger partial charge is 0.449 e.